The molecule has 2 heteroatoms. The van der Waals surface area contributed by atoms with Gasteiger partial charge in [0.25, 0.3) is 0 Å². The van der Waals surface area contributed by atoms with E-state index in [0.29, 0.717) is 5.92 Å². The molecule has 0 bridgehead atoms. The molecule has 52 valence electrons. The number of hydrogen-bond acceptors (Lipinski definition) is 1. The van der Waals surface area contributed by atoms with Crippen LogP contribution in [0.5, 0.6) is 0 Å². The van der Waals surface area contributed by atoms with Gasteiger partial charge in [-0.05, 0) is 18.9 Å². The first-order chi connectivity index (χ1) is 4.20. The molecule has 0 radical (unpaired) electrons. The number of aryl methyl sites for hydroxylation is 1. The van der Waals surface area contributed by atoms with Crippen LogP contribution in [0.25, 0.3) is 0 Å². The molecule has 1 N–H and O–H groups in total. The lowest BCUT2D eigenvalue weighted by Gasteiger charge is -1.94. The zero-order valence-electron chi connectivity index (χ0n) is 6.10. The first-order valence-electron chi connectivity index (χ1n) is 3.22. The Kier molecular flexibility index (Phi) is 1.56. The summed E-state index contributed by atoms with van der Waals surface area (Å²) in [4.78, 5) is 0. The third-order valence-corrected chi connectivity index (χ3v) is 1.32. The molecule has 0 aliphatic rings. The monoisotopic (exact) mass is 126 g/mol. The van der Waals surface area contributed by atoms with Crippen molar-refractivity contribution in [1.82, 2.24) is 10.2 Å². The van der Waals surface area contributed by atoms with Crippen LogP contribution in [0.3, 0.4) is 0 Å². The maximum atomic E-state index is 4.09. The molecule has 1 rings (SSSR count). The zero-order chi connectivity index (χ0) is 6.85. The fourth-order valence-electron chi connectivity index (χ4n) is 0.735. The molecule has 1 heterocycles. The first kappa shape index (κ1) is 6.33. The topological polar surface area (TPSA) is 28.7 Å². The van der Waals surface area contributed by atoms with Crippen molar-refractivity contribution >= 4 is 0 Å². The predicted octanol–water partition coefficient (Wildman–Crippen LogP) is 2.09. The summed E-state index contributed by atoms with van der Waals surface area (Å²) < 4.78 is 0. The average molecular weight is 126 g/mol. The third-order valence-electron chi connectivity index (χ3n) is 1.32. The van der Waals surface area contributed by atoms with Gasteiger partial charge in [-0.15, -0.1) is 0 Å². The molecule has 9 heavy (non-hydrogen) atoms. The van der Waals surface area contributed by atoms with Gasteiger partial charge in [-0.3, -0.25) is 5.10 Å². The zero-order valence-corrected chi connectivity index (χ0v) is 6.10. The van der Waals surface area contributed by atoms with E-state index in [1.165, 1.54) is 0 Å². The Morgan fingerprint density at radius 2 is 2.33 bits per heavy atom. The number of rotatable bonds is 1. The van der Waals surface area contributed by atoms with Crippen molar-refractivity contribution in [1.29, 1.82) is 0 Å². The summed E-state index contributed by atoms with van der Waals surface area (Å²) >= 11 is 0. The van der Waals surface area contributed by atoms with E-state index in [9.17, 15) is 0 Å². The predicted molar refractivity (Wildman–Crippen MR) is 39.5 cm³/mol. The van der Waals surface area contributed by atoms with Crippen molar-refractivity contribution in [3.05, 3.63) is 17.5 Å². The van der Waals surface area contributed by atoms with Crippen molar-refractivity contribution in [3.63, 3.8) is 0 Å². The first-order valence-corrected chi connectivity index (χ1v) is 3.22. The molecule has 0 spiro atoms. The summed E-state index contributed by atoms with van der Waals surface area (Å²) in [5, 5.41) is 6.99. The van der Waals surface area contributed by atoms with Crippen LogP contribution in [0.2, 0.25) is 0 Å². The normalized spacial score (nSPS) is 10.7. The molecule has 0 atom stereocenters. The Labute approximate surface area is 56.8 Å². The van der Waals surface area contributed by atoms with Gasteiger partial charge in [-0.2, -0.15) is 5.10 Å². The van der Waals surface area contributed by atoms with Gasteiger partial charge in [0.2, 0.25) is 0 Å². The maximum Gasteiger partial charge on any atom is 0.0650 e. The molecule has 0 amide bonds. The quantitative estimate of drug-likeness (QED) is 0.613. The molecule has 0 unspecified atom stereocenters. The van der Waals surface area contributed by atoms with Crippen molar-refractivity contribution in [2.45, 2.75) is 26.7 Å². The van der Waals surface area contributed by atoms with E-state index < -0.39 is 0 Å². The fraction of sp³-hybridized carbons (Fsp3) is 0.571. The lowest BCUT2D eigenvalue weighted by Crippen LogP contribution is -1.85. The molecular weight excluding hydrogens is 112 g/mol. The number of aromatic nitrogens is 2. The smallest absolute Gasteiger partial charge is 0.0650 e. The van der Waals surface area contributed by atoms with Gasteiger partial charge in [0.15, 0.2) is 0 Å². The standard InChI is InChI=1S/C7H12N2.H2/c1-5(2)7-4-6(3)8-9-7;/h4-5H,1-3H3,(H,8,9);1H. The van der Waals surface area contributed by atoms with Gasteiger partial charge in [0.1, 0.15) is 0 Å². The molecule has 0 saturated carbocycles. The van der Waals surface area contributed by atoms with Crippen LogP contribution in [0.4, 0.5) is 0 Å². The highest BCUT2D eigenvalue weighted by Gasteiger charge is 2.00. The van der Waals surface area contributed by atoms with E-state index >= 15 is 0 Å². The average Bonchev–Trinajstić information content (AvgIpc) is 2.14. The molecule has 0 saturated heterocycles. The molecule has 0 aliphatic heterocycles. The second kappa shape index (κ2) is 2.21. The number of nitrogens with one attached hydrogen (secondary N) is 1. The van der Waals surface area contributed by atoms with E-state index in [0.717, 1.165) is 11.4 Å². The van der Waals surface area contributed by atoms with Gasteiger partial charge in [-0.1, -0.05) is 13.8 Å². The van der Waals surface area contributed by atoms with Gasteiger partial charge in [-0.25, -0.2) is 0 Å². The van der Waals surface area contributed by atoms with Crippen LogP contribution in [0, 0.1) is 6.92 Å². The highest BCUT2D eigenvalue weighted by atomic mass is 15.1. The van der Waals surface area contributed by atoms with Crippen molar-refractivity contribution < 1.29 is 1.43 Å². The second-order valence-electron chi connectivity index (χ2n) is 2.63. The van der Waals surface area contributed by atoms with Gasteiger partial charge in [0.05, 0.1) is 5.69 Å². The van der Waals surface area contributed by atoms with Gasteiger partial charge in [0, 0.05) is 7.12 Å². The SMILES string of the molecule is Cc1cc(C(C)C)n[nH]1.[HH]. The Morgan fingerprint density at radius 3 is 2.56 bits per heavy atom. The van der Waals surface area contributed by atoms with E-state index in [4.69, 9.17) is 0 Å². The molecule has 2 nitrogen and oxygen atoms in total. The van der Waals surface area contributed by atoms with Crippen LogP contribution in [0.15, 0.2) is 6.07 Å². The van der Waals surface area contributed by atoms with Crippen molar-refractivity contribution in [2.24, 2.45) is 0 Å². The number of H-pyrrole nitrogens is 1. The second-order valence-corrected chi connectivity index (χ2v) is 2.63. The summed E-state index contributed by atoms with van der Waals surface area (Å²) in [5.74, 6) is 0.537. The van der Waals surface area contributed by atoms with E-state index in [-0.39, 0.29) is 1.43 Å². The lowest BCUT2D eigenvalue weighted by atomic mass is 10.1. The van der Waals surface area contributed by atoms with E-state index in [2.05, 4.69) is 30.1 Å². The molecular formula is C7H14N2. The van der Waals surface area contributed by atoms with E-state index in [1.807, 2.05) is 6.92 Å². The molecule has 1 aromatic heterocycles. The summed E-state index contributed by atoms with van der Waals surface area (Å²) in [6, 6.07) is 2.07. The Balaban J connectivity index is 0.000000810. The van der Waals surface area contributed by atoms with Crippen molar-refractivity contribution in [3.8, 4) is 0 Å². The van der Waals surface area contributed by atoms with Crippen LogP contribution < -0.4 is 0 Å². The van der Waals surface area contributed by atoms with Crippen LogP contribution in [-0.2, 0) is 0 Å². The number of aromatic amines is 1. The van der Waals surface area contributed by atoms with Crippen LogP contribution >= 0.6 is 0 Å². The number of hydrogen-bond donors (Lipinski definition) is 1. The van der Waals surface area contributed by atoms with Gasteiger partial charge >= 0.3 is 0 Å². The third kappa shape index (κ3) is 1.31. The minimum Gasteiger partial charge on any atom is -0.283 e. The highest BCUT2D eigenvalue weighted by Crippen LogP contribution is 2.10. The minimum absolute atomic E-state index is 0. The van der Waals surface area contributed by atoms with Crippen LogP contribution in [0.1, 0.15) is 32.6 Å². The molecule has 0 aromatic carbocycles. The Hall–Kier alpha value is -0.790. The molecule has 1 aromatic rings. The van der Waals surface area contributed by atoms with E-state index in [1.54, 1.807) is 0 Å². The fourth-order valence-corrected chi connectivity index (χ4v) is 0.735. The van der Waals surface area contributed by atoms with Gasteiger partial charge < -0.3 is 0 Å². The molecule has 0 aliphatic carbocycles. The summed E-state index contributed by atoms with van der Waals surface area (Å²) in [5.41, 5.74) is 2.28. The summed E-state index contributed by atoms with van der Waals surface area (Å²) in [7, 11) is 0. The Bertz CT molecular complexity index is 193. The van der Waals surface area contributed by atoms with Crippen LogP contribution in [-0.4, -0.2) is 10.2 Å². The highest BCUT2D eigenvalue weighted by molar-refractivity contribution is 5.09. The largest absolute Gasteiger partial charge is 0.283 e. The maximum absolute atomic E-state index is 4.09. The molecule has 0 fully saturated rings. The Morgan fingerprint density at radius 1 is 1.67 bits per heavy atom. The minimum atomic E-state index is 0. The summed E-state index contributed by atoms with van der Waals surface area (Å²) in [6.07, 6.45) is 0. The number of nitrogens with zero attached hydrogens (tertiary/aromatic N) is 1. The summed E-state index contributed by atoms with van der Waals surface area (Å²) in [6.45, 7) is 6.28. The lowest BCUT2D eigenvalue weighted by molar-refractivity contribution is 0.809. The van der Waals surface area contributed by atoms with Crippen molar-refractivity contribution in [2.75, 3.05) is 0 Å².